The molecule has 5 rings (SSSR count). The molecule has 8 nitrogen and oxygen atoms in total. The van der Waals surface area contributed by atoms with Gasteiger partial charge in [0.25, 0.3) is 0 Å². The first-order valence-electron chi connectivity index (χ1n) is 13.2. The van der Waals surface area contributed by atoms with Gasteiger partial charge in [-0.3, -0.25) is 4.79 Å². The largest absolute Gasteiger partial charge is 0.493 e. The maximum Gasteiger partial charge on any atom is 0.228 e. The molecule has 0 saturated carbocycles. The van der Waals surface area contributed by atoms with Crippen molar-refractivity contribution in [1.82, 2.24) is 15.0 Å². The van der Waals surface area contributed by atoms with Gasteiger partial charge in [-0.1, -0.05) is 41.6 Å². The van der Waals surface area contributed by atoms with E-state index in [9.17, 15) is 4.79 Å². The van der Waals surface area contributed by atoms with Crippen LogP contribution in [0.2, 0.25) is 0 Å². The number of methoxy groups -OCH3 is 1. The third kappa shape index (κ3) is 6.29. The first-order valence-corrected chi connectivity index (χ1v) is 13.2. The third-order valence-corrected chi connectivity index (χ3v) is 7.19. The van der Waals surface area contributed by atoms with Crippen LogP contribution in [0.5, 0.6) is 11.5 Å². The smallest absolute Gasteiger partial charge is 0.228 e. The van der Waals surface area contributed by atoms with Crippen LogP contribution in [0.4, 0.5) is 5.69 Å². The summed E-state index contributed by atoms with van der Waals surface area (Å²) < 4.78 is 16.7. The van der Waals surface area contributed by atoms with Crippen LogP contribution in [0.25, 0.3) is 22.5 Å². The predicted octanol–water partition coefficient (Wildman–Crippen LogP) is 5.68. The number of carbonyl (C=O) groups is 1. The molecule has 1 N–H and O–H groups in total. The number of hydrogen-bond acceptors (Lipinski definition) is 7. The second-order valence-corrected chi connectivity index (χ2v) is 10.0. The third-order valence-electron chi connectivity index (χ3n) is 7.19. The van der Waals surface area contributed by atoms with Gasteiger partial charge in [-0.2, -0.15) is 4.98 Å². The number of aromatic nitrogens is 2. The summed E-state index contributed by atoms with van der Waals surface area (Å²) in [5.74, 6) is 2.32. The quantitative estimate of drug-likeness (QED) is 0.300. The molecule has 1 aliphatic rings. The molecule has 202 valence electrons. The van der Waals surface area contributed by atoms with E-state index in [1.807, 2.05) is 48.5 Å². The average molecular weight is 527 g/mol. The molecule has 1 atom stereocenters. The van der Waals surface area contributed by atoms with Crippen LogP contribution in [0.1, 0.15) is 29.9 Å². The van der Waals surface area contributed by atoms with Gasteiger partial charge >= 0.3 is 0 Å². The fraction of sp³-hybridized carbons (Fsp3) is 0.323. The van der Waals surface area contributed by atoms with E-state index in [4.69, 9.17) is 14.0 Å². The minimum atomic E-state index is -0.0923. The number of carbonyl (C=O) groups excluding carboxylic acids is 1. The normalized spacial score (nSPS) is 15.3. The average Bonchev–Trinajstić information content (AvgIpc) is 3.55. The van der Waals surface area contributed by atoms with Crippen LogP contribution in [-0.4, -0.2) is 54.3 Å². The number of aryl methyl sites for hydroxylation is 2. The van der Waals surface area contributed by atoms with E-state index in [0.29, 0.717) is 41.6 Å². The molecule has 2 heterocycles. The van der Waals surface area contributed by atoms with Crippen molar-refractivity contribution in [2.75, 3.05) is 32.6 Å². The highest BCUT2D eigenvalue weighted by Crippen LogP contribution is 2.32. The van der Waals surface area contributed by atoms with E-state index in [1.54, 1.807) is 14.0 Å². The van der Waals surface area contributed by atoms with Crippen molar-refractivity contribution >= 4 is 11.6 Å². The van der Waals surface area contributed by atoms with E-state index < -0.39 is 0 Å². The highest BCUT2D eigenvalue weighted by molar-refractivity contribution is 5.92. The number of ether oxygens (including phenoxy) is 2. The lowest BCUT2D eigenvalue weighted by Crippen LogP contribution is -2.30. The summed E-state index contributed by atoms with van der Waals surface area (Å²) >= 11 is 0. The molecule has 39 heavy (non-hydrogen) atoms. The monoisotopic (exact) mass is 526 g/mol. The van der Waals surface area contributed by atoms with Crippen molar-refractivity contribution in [2.24, 2.45) is 0 Å². The zero-order valence-electron chi connectivity index (χ0n) is 22.9. The van der Waals surface area contributed by atoms with Gasteiger partial charge in [-0.05, 0) is 73.8 Å². The number of nitrogens with zero attached hydrogens (tertiary/aromatic N) is 3. The van der Waals surface area contributed by atoms with Gasteiger partial charge in [-0.25, -0.2) is 0 Å². The second-order valence-electron chi connectivity index (χ2n) is 10.0. The Labute approximate surface area is 228 Å². The zero-order chi connectivity index (χ0) is 27.4. The summed E-state index contributed by atoms with van der Waals surface area (Å²) in [7, 11) is 3.74. The first kappa shape index (κ1) is 26.4. The maximum atomic E-state index is 12.8. The van der Waals surface area contributed by atoms with Gasteiger partial charge < -0.3 is 24.2 Å². The van der Waals surface area contributed by atoms with Crippen molar-refractivity contribution in [3.05, 3.63) is 77.7 Å². The number of amides is 1. The fourth-order valence-corrected chi connectivity index (χ4v) is 4.98. The number of likely N-dealkylation sites (N-methyl/N-ethyl adjacent to an activating group) is 1. The van der Waals surface area contributed by atoms with E-state index in [0.717, 1.165) is 40.8 Å². The molecule has 0 radical (unpaired) electrons. The summed E-state index contributed by atoms with van der Waals surface area (Å²) in [6, 6.07) is 20.1. The summed E-state index contributed by atoms with van der Waals surface area (Å²) in [6.45, 7) is 5.52. The second kappa shape index (κ2) is 11.7. The highest BCUT2D eigenvalue weighted by atomic mass is 16.5. The van der Waals surface area contributed by atoms with Crippen LogP contribution in [0, 0.1) is 13.8 Å². The van der Waals surface area contributed by atoms with E-state index >= 15 is 0 Å². The highest BCUT2D eigenvalue weighted by Gasteiger charge is 2.22. The number of hydrogen-bond donors (Lipinski definition) is 1. The van der Waals surface area contributed by atoms with Crippen LogP contribution in [0.3, 0.4) is 0 Å². The molecule has 1 aliphatic heterocycles. The van der Waals surface area contributed by atoms with Gasteiger partial charge in [0.15, 0.2) is 11.5 Å². The Hall–Kier alpha value is -4.17. The summed E-state index contributed by atoms with van der Waals surface area (Å²) in [6.07, 6.45) is 2.58. The van der Waals surface area contributed by atoms with Crippen molar-refractivity contribution < 1.29 is 18.8 Å². The summed E-state index contributed by atoms with van der Waals surface area (Å²) in [5, 5.41) is 6.99. The molecule has 1 amide bonds. The minimum absolute atomic E-state index is 0.0923. The molecule has 0 bridgehead atoms. The van der Waals surface area contributed by atoms with Gasteiger partial charge in [0.1, 0.15) is 6.61 Å². The van der Waals surface area contributed by atoms with Crippen molar-refractivity contribution in [3.8, 4) is 34.0 Å². The molecular formula is C31H34N4O4. The zero-order valence-corrected chi connectivity index (χ0v) is 22.9. The van der Waals surface area contributed by atoms with Crippen molar-refractivity contribution in [2.45, 2.75) is 39.2 Å². The minimum Gasteiger partial charge on any atom is -0.493 e. The Bertz CT molecular complexity index is 1450. The topological polar surface area (TPSA) is 89.7 Å². The molecule has 1 aromatic heterocycles. The van der Waals surface area contributed by atoms with Crippen LogP contribution in [-0.2, 0) is 11.2 Å². The van der Waals surface area contributed by atoms with E-state index in [-0.39, 0.29) is 12.3 Å². The lowest BCUT2D eigenvalue weighted by molar-refractivity contribution is -0.115. The SMILES string of the molecule is COc1ccc(NC(=O)Cc2ccc(-c3ccc(-c4noc(C)n4)cc3C)cc2)cc1OC[C@H]1CCCN1C. The van der Waals surface area contributed by atoms with Crippen LogP contribution in [0.15, 0.2) is 65.2 Å². The predicted molar refractivity (Wildman–Crippen MR) is 151 cm³/mol. The standard InChI is InChI=1S/C31H34N4O4/c1-20-16-24(31-32-21(2)39-34-31)11-13-27(20)23-9-7-22(8-10-23)17-30(36)33-25-12-14-28(37-4)29(18-25)38-19-26-6-5-15-35(26)3/h7-14,16,18,26H,5-6,15,17,19H2,1-4H3,(H,33,36)/t26-/m1/s1. The van der Waals surface area contributed by atoms with Gasteiger partial charge in [0.2, 0.25) is 17.6 Å². The number of likely N-dealkylation sites (tertiary alicyclic amines) is 1. The molecule has 0 unspecified atom stereocenters. The molecule has 1 fully saturated rings. The van der Waals surface area contributed by atoms with Gasteiger partial charge in [0, 0.05) is 30.3 Å². The Morgan fingerprint density at radius 1 is 1.05 bits per heavy atom. The first-order chi connectivity index (χ1) is 18.9. The molecule has 4 aromatic rings. The summed E-state index contributed by atoms with van der Waals surface area (Å²) in [5.41, 5.74) is 5.83. The summed E-state index contributed by atoms with van der Waals surface area (Å²) in [4.78, 5) is 19.5. The van der Waals surface area contributed by atoms with Gasteiger partial charge in [0.05, 0.1) is 13.5 Å². The van der Waals surface area contributed by atoms with Gasteiger partial charge in [-0.15, -0.1) is 0 Å². The fourth-order valence-electron chi connectivity index (χ4n) is 4.98. The van der Waals surface area contributed by atoms with E-state index in [1.165, 1.54) is 6.42 Å². The molecule has 1 saturated heterocycles. The Morgan fingerprint density at radius 2 is 1.85 bits per heavy atom. The number of nitrogens with one attached hydrogen (secondary N) is 1. The Balaban J connectivity index is 1.21. The van der Waals surface area contributed by atoms with Crippen molar-refractivity contribution in [1.29, 1.82) is 0 Å². The molecule has 0 spiro atoms. The lowest BCUT2D eigenvalue weighted by Gasteiger charge is -2.20. The molecule has 3 aromatic carbocycles. The van der Waals surface area contributed by atoms with E-state index in [2.05, 4.69) is 46.5 Å². The lowest BCUT2D eigenvalue weighted by atomic mass is 9.97. The maximum absolute atomic E-state index is 12.8. The number of anilines is 1. The van der Waals surface area contributed by atoms with Crippen molar-refractivity contribution in [3.63, 3.8) is 0 Å². The molecule has 8 heteroatoms. The molecule has 0 aliphatic carbocycles. The molecular weight excluding hydrogens is 492 g/mol. The number of benzene rings is 3. The number of rotatable bonds is 9. The Kier molecular flexibility index (Phi) is 7.93. The van der Waals surface area contributed by atoms with Crippen LogP contribution < -0.4 is 14.8 Å². The van der Waals surface area contributed by atoms with Crippen LogP contribution >= 0.6 is 0 Å². The Morgan fingerprint density at radius 3 is 2.51 bits per heavy atom.